The molecule has 1 aliphatic rings. The number of halogens is 3. The van der Waals surface area contributed by atoms with Crippen LogP contribution in [-0.4, -0.2) is 35.1 Å². The van der Waals surface area contributed by atoms with E-state index in [1.54, 1.807) is 24.3 Å². The molecule has 2 aromatic rings. The van der Waals surface area contributed by atoms with Crippen molar-refractivity contribution >= 4 is 23.7 Å². The minimum atomic E-state index is -1.30. The van der Waals surface area contributed by atoms with Gasteiger partial charge in [0, 0.05) is 43.4 Å². The van der Waals surface area contributed by atoms with Crippen LogP contribution in [0.15, 0.2) is 41.5 Å². The molecule has 0 radical (unpaired) electrons. The average Bonchev–Trinajstić information content (AvgIpc) is 3.21. The number of rotatable bonds is 7. The zero-order valence-electron chi connectivity index (χ0n) is 16.5. The number of benzene rings is 2. The van der Waals surface area contributed by atoms with Gasteiger partial charge in [-0.15, -0.1) is 0 Å². The fraction of sp³-hybridized carbons (Fsp3) is 0.286. The number of anilines is 1. The summed E-state index contributed by atoms with van der Waals surface area (Å²) in [6.45, 7) is 0.257. The molecular formula is C21H22F3N5O2. The third kappa shape index (κ3) is 5.60. The molecule has 1 heterocycles. The molecule has 0 saturated carbocycles. The maximum atomic E-state index is 13.8. The molecule has 2 aromatic carbocycles. The van der Waals surface area contributed by atoms with Crippen LogP contribution in [0.5, 0.6) is 0 Å². The Morgan fingerprint density at radius 2 is 1.81 bits per heavy atom. The summed E-state index contributed by atoms with van der Waals surface area (Å²) in [5, 5.41) is 7.74. The van der Waals surface area contributed by atoms with Crippen molar-refractivity contribution in [2.45, 2.75) is 37.9 Å². The van der Waals surface area contributed by atoms with Gasteiger partial charge < -0.3 is 16.8 Å². The van der Waals surface area contributed by atoms with Gasteiger partial charge in [-0.2, -0.15) is 5.10 Å². The third-order valence-electron chi connectivity index (χ3n) is 4.84. The first-order valence-electron chi connectivity index (χ1n) is 9.60. The predicted molar refractivity (Wildman–Crippen MR) is 109 cm³/mol. The van der Waals surface area contributed by atoms with E-state index in [4.69, 9.17) is 11.5 Å². The van der Waals surface area contributed by atoms with Gasteiger partial charge in [-0.25, -0.2) is 18.2 Å². The number of nitrogens with zero attached hydrogens (tertiary/aromatic N) is 2. The summed E-state index contributed by atoms with van der Waals surface area (Å²) < 4.78 is 40.2. The van der Waals surface area contributed by atoms with Gasteiger partial charge in [0.2, 0.25) is 11.8 Å². The number of hydrogen-bond acceptors (Lipinski definition) is 5. The first-order chi connectivity index (χ1) is 14.7. The highest BCUT2D eigenvalue weighted by Crippen LogP contribution is 2.18. The van der Waals surface area contributed by atoms with Crippen molar-refractivity contribution < 1.29 is 22.8 Å². The number of nitrogens with two attached hydrogens (primary N) is 2. The number of nitrogen functional groups attached to an aromatic ring is 1. The van der Waals surface area contributed by atoms with Gasteiger partial charge in [0.25, 0.3) is 0 Å². The van der Waals surface area contributed by atoms with E-state index in [0.29, 0.717) is 11.8 Å². The molecule has 0 saturated heterocycles. The molecule has 164 valence electrons. The van der Waals surface area contributed by atoms with E-state index in [-0.39, 0.29) is 37.3 Å². The van der Waals surface area contributed by atoms with E-state index in [2.05, 4.69) is 10.4 Å². The van der Waals surface area contributed by atoms with E-state index in [1.807, 2.05) is 0 Å². The topological polar surface area (TPSA) is 114 Å². The molecule has 2 amide bonds. The molecule has 2 atom stereocenters. The lowest BCUT2D eigenvalue weighted by Crippen LogP contribution is -2.46. The highest BCUT2D eigenvalue weighted by molar-refractivity contribution is 5.92. The number of hydrogen-bond donors (Lipinski definition) is 3. The van der Waals surface area contributed by atoms with Gasteiger partial charge >= 0.3 is 0 Å². The van der Waals surface area contributed by atoms with Crippen molar-refractivity contribution in [1.29, 1.82) is 0 Å². The monoisotopic (exact) mass is 433 g/mol. The van der Waals surface area contributed by atoms with Gasteiger partial charge in [0.05, 0.1) is 0 Å². The second-order valence-corrected chi connectivity index (χ2v) is 7.27. The van der Waals surface area contributed by atoms with Crippen LogP contribution in [-0.2, 0) is 22.6 Å². The van der Waals surface area contributed by atoms with Crippen LogP contribution in [0.4, 0.5) is 18.9 Å². The Balaban J connectivity index is 1.56. The summed E-state index contributed by atoms with van der Waals surface area (Å²) in [4.78, 5) is 25.1. The average molecular weight is 433 g/mol. The first-order valence-corrected chi connectivity index (χ1v) is 9.60. The van der Waals surface area contributed by atoms with Gasteiger partial charge in [-0.3, -0.25) is 9.59 Å². The largest absolute Gasteiger partial charge is 0.399 e. The molecule has 0 aromatic heterocycles. The smallest absolute Gasteiger partial charge is 0.245 e. The Bertz CT molecular complexity index is 997. The fourth-order valence-corrected chi connectivity index (χ4v) is 3.21. The zero-order valence-corrected chi connectivity index (χ0v) is 16.5. The Kier molecular flexibility index (Phi) is 6.91. The van der Waals surface area contributed by atoms with E-state index in [0.717, 1.165) is 16.6 Å². The lowest BCUT2D eigenvalue weighted by atomic mass is 10.0. The van der Waals surface area contributed by atoms with Crippen LogP contribution < -0.4 is 16.8 Å². The Morgan fingerprint density at radius 3 is 2.52 bits per heavy atom. The second-order valence-electron chi connectivity index (χ2n) is 7.27. The Morgan fingerprint density at radius 1 is 1.13 bits per heavy atom. The van der Waals surface area contributed by atoms with Gasteiger partial charge in [0.15, 0.2) is 11.6 Å². The highest BCUT2D eigenvalue weighted by Gasteiger charge is 2.33. The number of amides is 2. The molecule has 0 spiro atoms. The summed E-state index contributed by atoms with van der Waals surface area (Å²) in [6.07, 6.45) is 1.26. The standard InChI is InChI=1S/C21H22F3N5O2/c22-16-10-18(24)17(23)8-13(16)7-15(26)9-20(30)29-19(5-6-28-29)21(31)27-11-12-1-3-14(25)4-2-12/h1-4,6,8,10,15,19H,5,7,9,11,25-26H2,(H,27,31)/t15-,19?/m1/s1. The van der Waals surface area contributed by atoms with Crippen LogP contribution in [0, 0.1) is 17.5 Å². The Labute approximate surface area is 176 Å². The molecule has 31 heavy (non-hydrogen) atoms. The minimum Gasteiger partial charge on any atom is -0.399 e. The summed E-state index contributed by atoms with van der Waals surface area (Å²) >= 11 is 0. The number of hydrazone groups is 1. The molecule has 10 heteroatoms. The zero-order chi connectivity index (χ0) is 22.5. The third-order valence-corrected chi connectivity index (χ3v) is 4.84. The van der Waals surface area contributed by atoms with E-state index < -0.39 is 35.4 Å². The fourth-order valence-electron chi connectivity index (χ4n) is 3.21. The lowest BCUT2D eigenvalue weighted by Gasteiger charge is -2.23. The molecule has 7 nitrogen and oxygen atoms in total. The molecule has 0 fully saturated rings. The lowest BCUT2D eigenvalue weighted by molar-refractivity contribution is -0.139. The van der Waals surface area contributed by atoms with Crippen LogP contribution in [0.1, 0.15) is 24.0 Å². The molecule has 0 bridgehead atoms. The van der Waals surface area contributed by atoms with E-state index in [9.17, 15) is 22.8 Å². The van der Waals surface area contributed by atoms with Crippen molar-refractivity contribution in [2.75, 3.05) is 5.73 Å². The maximum Gasteiger partial charge on any atom is 0.245 e. The first kappa shape index (κ1) is 22.3. The molecule has 1 unspecified atom stereocenters. The SMILES string of the molecule is Nc1ccc(CNC(=O)C2CC=NN2C(=O)C[C@H](N)Cc2cc(F)c(F)cc2F)cc1. The molecule has 3 rings (SSSR count). The van der Waals surface area contributed by atoms with Crippen LogP contribution in [0.25, 0.3) is 0 Å². The van der Waals surface area contributed by atoms with Crippen molar-refractivity contribution in [2.24, 2.45) is 10.8 Å². The van der Waals surface area contributed by atoms with Gasteiger partial charge in [-0.1, -0.05) is 12.1 Å². The van der Waals surface area contributed by atoms with Gasteiger partial charge in [-0.05, 0) is 35.7 Å². The quantitative estimate of drug-likeness (QED) is 0.457. The van der Waals surface area contributed by atoms with Crippen LogP contribution in [0.3, 0.4) is 0 Å². The Hall–Kier alpha value is -3.40. The normalized spacial score (nSPS) is 16.4. The maximum absolute atomic E-state index is 13.8. The predicted octanol–water partition coefficient (Wildman–Crippen LogP) is 1.85. The minimum absolute atomic E-state index is 0.137. The van der Waals surface area contributed by atoms with Gasteiger partial charge in [0.1, 0.15) is 11.9 Å². The van der Waals surface area contributed by atoms with E-state index >= 15 is 0 Å². The number of carbonyl (C=O) groups is 2. The van der Waals surface area contributed by atoms with Crippen molar-refractivity contribution in [3.63, 3.8) is 0 Å². The van der Waals surface area contributed by atoms with Crippen LogP contribution >= 0.6 is 0 Å². The van der Waals surface area contributed by atoms with Crippen molar-refractivity contribution in [1.82, 2.24) is 10.3 Å². The van der Waals surface area contributed by atoms with Crippen molar-refractivity contribution in [3.8, 4) is 0 Å². The van der Waals surface area contributed by atoms with Crippen molar-refractivity contribution in [3.05, 3.63) is 65.0 Å². The molecule has 5 N–H and O–H groups in total. The van der Waals surface area contributed by atoms with E-state index in [1.165, 1.54) is 6.21 Å². The molecule has 0 aliphatic carbocycles. The molecular weight excluding hydrogens is 411 g/mol. The number of nitrogens with one attached hydrogen (secondary N) is 1. The second kappa shape index (κ2) is 9.61. The summed E-state index contributed by atoms with van der Waals surface area (Å²) in [5.74, 6) is -4.36. The molecule has 1 aliphatic heterocycles. The van der Waals surface area contributed by atoms with Crippen LogP contribution in [0.2, 0.25) is 0 Å². The number of carbonyl (C=O) groups excluding carboxylic acids is 2. The summed E-state index contributed by atoms with van der Waals surface area (Å²) in [7, 11) is 0. The summed E-state index contributed by atoms with van der Waals surface area (Å²) in [6, 6.07) is 6.44. The summed E-state index contributed by atoms with van der Waals surface area (Å²) in [5.41, 5.74) is 12.8. The highest BCUT2D eigenvalue weighted by atomic mass is 19.2.